The van der Waals surface area contributed by atoms with Gasteiger partial charge in [-0.25, -0.2) is 8.42 Å². The number of ether oxygens (including phenoxy) is 4. The van der Waals surface area contributed by atoms with Crippen LogP contribution in [0, 0.1) is 0 Å². The molecular formula is C21H25NO6S. The summed E-state index contributed by atoms with van der Waals surface area (Å²) in [5.74, 6) is 2.26. The van der Waals surface area contributed by atoms with E-state index < -0.39 is 10.0 Å². The number of hydrogen-bond acceptors (Lipinski definition) is 6. The molecule has 0 aromatic heterocycles. The Kier molecular flexibility index (Phi) is 5.56. The smallest absolute Gasteiger partial charge is 0.243 e. The average Bonchev–Trinajstić information content (AvgIpc) is 3.13. The van der Waals surface area contributed by atoms with Gasteiger partial charge in [0.25, 0.3) is 0 Å². The quantitative estimate of drug-likeness (QED) is 0.740. The van der Waals surface area contributed by atoms with Crippen molar-refractivity contribution < 1.29 is 27.4 Å². The minimum absolute atomic E-state index is 0.191. The number of hydrogen-bond donors (Lipinski definition) is 0. The Bertz CT molecular complexity index is 991. The molecule has 7 nitrogen and oxygen atoms in total. The van der Waals surface area contributed by atoms with Crippen molar-refractivity contribution in [1.82, 2.24) is 4.31 Å². The molecule has 1 saturated heterocycles. The monoisotopic (exact) mass is 419 g/mol. The van der Waals surface area contributed by atoms with Crippen LogP contribution in [0.5, 0.6) is 23.0 Å². The zero-order valence-electron chi connectivity index (χ0n) is 16.6. The molecule has 0 aliphatic carbocycles. The number of benzene rings is 2. The Morgan fingerprint density at radius 1 is 0.931 bits per heavy atom. The summed E-state index contributed by atoms with van der Waals surface area (Å²) in [6, 6.07) is 10.1. The molecule has 0 saturated carbocycles. The van der Waals surface area contributed by atoms with E-state index in [-0.39, 0.29) is 10.9 Å². The van der Waals surface area contributed by atoms with Gasteiger partial charge in [-0.05, 0) is 42.7 Å². The SMILES string of the molecule is COc1ccc(S(=O)(=O)N2CCCC2c2ccc3c(c2)OCCCO3)cc1OC. The summed E-state index contributed by atoms with van der Waals surface area (Å²) in [4.78, 5) is 0.191. The van der Waals surface area contributed by atoms with Crippen LogP contribution >= 0.6 is 0 Å². The summed E-state index contributed by atoms with van der Waals surface area (Å²) in [6.07, 6.45) is 2.38. The third kappa shape index (κ3) is 3.74. The van der Waals surface area contributed by atoms with Gasteiger partial charge >= 0.3 is 0 Å². The number of nitrogens with zero attached hydrogens (tertiary/aromatic N) is 1. The van der Waals surface area contributed by atoms with E-state index in [0.29, 0.717) is 42.8 Å². The van der Waals surface area contributed by atoms with Gasteiger partial charge in [-0.2, -0.15) is 4.31 Å². The van der Waals surface area contributed by atoms with Crippen LogP contribution < -0.4 is 18.9 Å². The van der Waals surface area contributed by atoms with Crippen molar-refractivity contribution in [2.45, 2.75) is 30.2 Å². The van der Waals surface area contributed by atoms with Crippen molar-refractivity contribution >= 4 is 10.0 Å². The third-order valence-electron chi connectivity index (χ3n) is 5.32. The summed E-state index contributed by atoms with van der Waals surface area (Å²) >= 11 is 0. The van der Waals surface area contributed by atoms with Crippen LogP contribution in [0.4, 0.5) is 0 Å². The number of rotatable bonds is 5. The van der Waals surface area contributed by atoms with Gasteiger partial charge in [0, 0.05) is 19.0 Å². The molecule has 2 aromatic rings. The molecule has 0 amide bonds. The number of sulfonamides is 1. The van der Waals surface area contributed by atoms with E-state index in [1.165, 1.54) is 20.3 Å². The fraction of sp³-hybridized carbons (Fsp3) is 0.429. The molecular weight excluding hydrogens is 394 g/mol. The normalized spacial score (nSPS) is 19.6. The van der Waals surface area contributed by atoms with E-state index in [2.05, 4.69) is 0 Å². The summed E-state index contributed by atoms with van der Waals surface area (Å²) < 4.78 is 50.4. The van der Waals surface area contributed by atoms with Crippen molar-refractivity contribution in [3.63, 3.8) is 0 Å². The molecule has 2 heterocycles. The number of methoxy groups -OCH3 is 2. The van der Waals surface area contributed by atoms with Gasteiger partial charge < -0.3 is 18.9 Å². The van der Waals surface area contributed by atoms with Crippen molar-refractivity contribution in [3.8, 4) is 23.0 Å². The Balaban J connectivity index is 1.67. The Labute approximate surface area is 171 Å². The fourth-order valence-electron chi connectivity index (χ4n) is 3.86. The highest BCUT2D eigenvalue weighted by atomic mass is 32.2. The van der Waals surface area contributed by atoms with E-state index in [1.54, 1.807) is 16.4 Å². The fourth-order valence-corrected chi connectivity index (χ4v) is 5.56. The summed E-state index contributed by atoms with van der Waals surface area (Å²) in [7, 11) is -0.685. The van der Waals surface area contributed by atoms with E-state index >= 15 is 0 Å². The molecule has 0 bridgehead atoms. The van der Waals surface area contributed by atoms with E-state index in [4.69, 9.17) is 18.9 Å². The van der Waals surface area contributed by atoms with Crippen molar-refractivity contribution in [3.05, 3.63) is 42.0 Å². The first-order chi connectivity index (χ1) is 14.0. The highest BCUT2D eigenvalue weighted by Crippen LogP contribution is 2.41. The molecule has 1 unspecified atom stereocenters. The third-order valence-corrected chi connectivity index (χ3v) is 7.23. The minimum Gasteiger partial charge on any atom is -0.493 e. The first-order valence-electron chi connectivity index (χ1n) is 9.68. The number of fused-ring (bicyclic) bond motifs is 1. The maximum atomic E-state index is 13.4. The second-order valence-corrected chi connectivity index (χ2v) is 8.94. The predicted molar refractivity (Wildman–Crippen MR) is 107 cm³/mol. The van der Waals surface area contributed by atoms with E-state index in [0.717, 1.165) is 24.8 Å². The van der Waals surface area contributed by atoms with Crippen molar-refractivity contribution in [2.24, 2.45) is 0 Å². The maximum Gasteiger partial charge on any atom is 0.243 e. The molecule has 0 spiro atoms. The molecule has 2 aliphatic heterocycles. The summed E-state index contributed by atoms with van der Waals surface area (Å²) in [6.45, 7) is 1.68. The van der Waals surface area contributed by atoms with E-state index in [1.807, 2.05) is 18.2 Å². The van der Waals surface area contributed by atoms with Gasteiger partial charge in [-0.1, -0.05) is 6.07 Å². The van der Waals surface area contributed by atoms with E-state index in [9.17, 15) is 8.42 Å². The standard InChI is InChI=1S/C21H25NO6S/c1-25-18-9-7-16(14-20(18)26-2)29(23,24)22-10-3-5-17(22)15-6-8-19-21(13-15)28-12-4-11-27-19/h6-9,13-14,17H,3-5,10-12H2,1-2H3. The first-order valence-corrected chi connectivity index (χ1v) is 11.1. The van der Waals surface area contributed by atoms with Crippen LogP contribution in [0.2, 0.25) is 0 Å². The van der Waals surface area contributed by atoms with Crippen LogP contribution in [0.25, 0.3) is 0 Å². The molecule has 4 rings (SSSR count). The van der Waals surface area contributed by atoms with Crippen LogP contribution in [0.1, 0.15) is 30.9 Å². The first kappa shape index (κ1) is 19.8. The van der Waals surface area contributed by atoms with Crippen LogP contribution in [0.3, 0.4) is 0 Å². The Morgan fingerprint density at radius 2 is 1.69 bits per heavy atom. The van der Waals surface area contributed by atoms with Crippen LogP contribution in [0.15, 0.2) is 41.3 Å². The Morgan fingerprint density at radius 3 is 2.45 bits per heavy atom. The molecule has 2 aromatic carbocycles. The second-order valence-electron chi connectivity index (χ2n) is 7.05. The molecule has 29 heavy (non-hydrogen) atoms. The average molecular weight is 419 g/mol. The minimum atomic E-state index is -3.70. The lowest BCUT2D eigenvalue weighted by molar-refractivity contribution is 0.296. The maximum absolute atomic E-state index is 13.4. The predicted octanol–water partition coefficient (Wildman–Crippen LogP) is 3.39. The second kappa shape index (κ2) is 8.12. The topological polar surface area (TPSA) is 74.3 Å². The molecule has 0 N–H and O–H groups in total. The zero-order chi connectivity index (χ0) is 20.4. The molecule has 0 radical (unpaired) electrons. The summed E-state index contributed by atoms with van der Waals surface area (Å²) in [5.41, 5.74) is 0.913. The van der Waals surface area contributed by atoms with Gasteiger partial charge in [0.2, 0.25) is 10.0 Å². The van der Waals surface area contributed by atoms with Crippen LogP contribution in [-0.4, -0.2) is 46.7 Å². The molecule has 1 atom stereocenters. The summed E-state index contributed by atoms with van der Waals surface area (Å²) in [5, 5.41) is 0. The van der Waals surface area contributed by atoms with Crippen molar-refractivity contribution in [1.29, 1.82) is 0 Å². The van der Waals surface area contributed by atoms with Gasteiger partial charge in [0.05, 0.1) is 38.4 Å². The van der Waals surface area contributed by atoms with Gasteiger partial charge in [0.15, 0.2) is 23.0 Å². The van der Waals surface area contributed by atoms with Gasteiger partial charge in [0.1, 0.15) is 0 Å². The zero-order valence-corrected chi connectivity index (χ0v) is 17.4. The van der Waals surface area contributed by atoms with Crippen molar-refractivity contribution in [2.75, 3.05) is 34.0 Å². The highest BCUT2D eigenvalue weighted by molar-refractivity contribution is 7.89. The molecule has 156 valence electrons. The lowest BCUT2D eigenvalue weighted by Gasteiger charge is -2.25. The van der Waals surface area contributed by atoms with Gasteiger partial charge in [-0.3, -0.25) is 0 Å². The van der Waals surface area contributed by atoms with Crippen LogP contribution in [-0.2, 0) is 10.0 Å². The lowest BCUT2D eigenvalue weighted by Crippen LogP contribution is -2.30. The largest absolute Gasteiger partial charge is 0.493 e. The Hall–Kier alpha value is -2.45. The lowest BCUT2D eigenvalue weighted by atomic mass is 10.0. The molecule has 2 aliphatic rings. The molecule has 1 fully saturated rings. The molecule has 8 heteroatoms. The van der Waals surface area contributed by atoms with Gasteiger partial charge in [-0.15, -0.1) is 0 Å². The highest BCUT2D eigenvalue weighted by Gasteiger charge is 2.37.